The van der Waals surface area contributed by atoms with Crippen LogP contribution in [0, 0.1) is 0 Å². The smallest absolute Gasteiger partial charge is 0.142 e. The summed E-state index contributed by atoms with van der Waals surface area (Å²) in [4.78, 5) is 0. The van der Waals surface area contributed by atoms with Crippen molar-refractivity contribution in [1.82, 2.24) is 5.32 Å². The van der Waals surface area contributed by atoms with E-state index in [1.54, 1.807) is 13.2 Å². The van der Waals surface area contributed by atoms with Gasteiger partial charge in [0.15, 0.2) is 0 Å². The van der Waals surface area contributed by atoms with Gasteiger partial charge in [0.25, 0.3) is 0 Å². The highest BCUT2D eigenvalue weighted by Crippen LogP contribution is 2.31. The highest BCUT2D eigenvalue weighted by atomic mass is 16.5. The minimum absolute atomic E-state index is 0.237. The molecule has 0 aliphatic heterocycles. The van der Waals surface area contributed by atoms with Crippen LogP contribution < -0.4 is 15.8 Å². The Labute approximate surface area is 96.4 Å². The Morgan fingerprint density at radius 2 is 2.19 bits per heavy atom. The standard InChI is InChI=1S/C12H20N2O2/c1-8(14-2)7-10(15)9-5-4-6-11(16-3)12(9)13/h4-6,8,10,14-15H,7,13H2,1-3H3. The second kappa shape index (κ2) is 5.72. The number of hydrogen-bond acceptors (Lipinski definition) is 4. The average molecular weight is 224 g/mol. The third-order valence-electron chi connectivity index (χ3n) is 2.75. The Bertz CT molecular complexity index is 342. The Morgan fingerprint density at radius 1 is 1.50 bits per heavy atom. The van der Waals surface area contributed by atoms with Crippen molar-refractivity contribution < 1.29 is 9.84 Å². The summed E-state index contributed by atoms with van der Waals surface area (Å²) in [6.45, 7) is 2.01. The molecule has 0 amide bonds. The maximum Gasteiger partial charge on any atom is 0.142 e. The fourth-order valence-corrected chi connectivity index (χ4v) is 1.61. The van der Waals surface area contributed by atoms with Crippen molar-refractivity contribution >= 4 is 5.69 Å². The molecule has 1 rings (SSSR count). The Kier molecular flexibility index (Phi) is 4.58. The largest absolute Gasteiger partial charge is 0.495 e. The topological polar surface area (TPSA) is 67.5 Å². The Balaban J connectivity index is 2.86. The average Bonchev–Trinajstić information content (AvgIpc) is 2.29. The van der Waals surface area contributed by atoms with Gasteiger partial charge in [-0.05, 0) is 26.5 Å². The molecule has 4 heteroatoms. The molecule has 0 heterocycles. The molecule has 1 aromatic carbocycles. The highest BCUT2D eigenvalue weighted by Gasteiger charge is 2.15. The molecule has 2 atom stereocenters. The lowest BCUT2D eigenvalue weighted by atomic mass is 10.0. The molecule has 90 valence electrons. The third kappa shape index (κ3) is 2.87. The highest BCUT2D eigenvalue weighted by molar-refractivity contribution is 5.59. The van der Waals surface area contributed by atoms with Gasteiger partial charge in [-0.1, -0.05) is 12.1 Å². The van der Waals surface area contributed by atoms with Crippen LogP contribution in [0.3, 0.4) is 0 Å². The van der Waals surface area contributed by atoms with Gasteiger partial charge in [0.1, 0.15) is 5.75 Å². The number of nitrogens with one attached hydrogen (secondary N) is 1. The molecule has 4 N–H and O–H groups in total. The first kappa shape index (κ1) is 12.8. The van der Waals surface area contributed by atoms with Crippen molar-refractivity contribution in [2.75, 3.05) is 19.9 Å². The van der Waals surface area contributed by atoms with Gasteiger partial charge in [0.2, 0.25) is 0 Å². The number of nitrogens with two attached hydrogens (primary N) is 1. The number of rotatable bonds is 5. The predicted molar refractivity (Wildman–Crippen MR) is 65.5 cm³/mol. The number of aliphatic hydroxyl groups excluding tert-OH is 1. The van der Waals surface area contributed by atoms with E-state index in [0.29, 0.717) is 17.9 Å². The molecular weight excluding hydrogens is 204 g/mol. The first-order chi connectivity index (χ1) is 7.60. The number of anilines is 1. The minimum atomic E-state index is -0.572. The van der Waals surface area contributed by atoms with Crippen LogP contribution >= 0.6 is 0 Å². The van der Waals surface area contributed by atoms with E-state index in [0.717, 1.165) is 5.56 Å². The van der Waals surface area contributed by atoms with Crippen LogP contribution in [0.4, 0.5) is 5.69 Å². The number of aliphatic hydroxyl groups is 1. The summed E-state index contributed by atoms with van der Waals surface area (Å²) in [6, 6.07) is 5.68. The second-order valence-corrected chi connectivity index (χ2v) is 3.90. The molecule has 0 fully saturated rings. The number of nitrogen functional groups attached to an aromatic ring is 1. The summed E-state index contributed by atoms with van der Waals surface area (Å²) in [5.41, 5.74) is 7.14. The normalized spacial score (nSPS) is 14.5. The van der Waals surface area contributed by atoms with E-state index in [4.69, 9.17) is 10.5 Å². The Hall–Kier alpha value is -1.26. The van der Waals surface area contributed by atoms with Gasteiger partial charge in [-0.3, -0.25) is 0 Å². The summed E-state index contributed by atoms with van der Waals surface area (Å²) < 4.78 is 5.12. The van der Waals surface area contributed by atoms with Crippen molar-refractivity contribution in [2.45, 2.75) is 25.5 Å². The monoisotopic (exact) mass is 224 g/mol. The number of hydrogen-bond donors (Lipinski definition) is 3. The summed E-state index contributed by atoms with van der Waals surface area (Å²) >= 11 is 0. The molecule has 0 spiro atoms. The minimum Gasteiger partial charge on any atom is -0.495 e. The van der Waals surface area contributed by atoms with Crippen molar-refractivity contribution in [3.05, 3.63) is 23.8 Å². The molecule has 0 bridgehead atoms. The van der Waals surface area contributed by atoms with E-state index in [-0.39, 0.29) is 6.04 Å². The van der Waals surface area contributed by atoms with Crippen LogP contribution in [-0.4, -0.2) is 25.3 Å². The molecular formula is C12H20N2O2. The molecule has 2 unspecified atom stereocenters. The maximum atomic E-state index is 10.0. The molecule has 0 aliphatic carbocycles. The zero-order chi connectivity index (χ0) is 12.1. The van der Waals surface area contributed by atoms with Gasteiger partial charge < -0.3 is 20.9 Å². The lowest BCUT2D eigenvalue weighted by molar-refractivity contribution is 0.156. The van der Waals surface area contributed by atoms with Crippen molar-refractivity contribution in [3.63, 3.8) is 0 Å². The number of methoxy groups -OCH3 is 1. The molecule has 0 saturated carbocycles. The van der Waals surface area contributed by atoms with Gasteiger partial charge in [-0.15, -0.1) is 0 Å². The first-order valence-electron chi connectivity index (χ1n) is 5.37. The number of ether oxygens (including phenoxy) is 1. The Morgan fingerprint density at radius 3 is 2.75 bits per heavy atom. The number of para-hydroxylation sites is 1. The molecule has 0 aromatic heterocycles. The van der Waals surface area contributed by atoms with E-state index in [9.17, 15) is 5.11 Å². The molecule has 0 saturated heterocycles. The van der Waals surface area contributed by atoms with E-state index in [1.807, 2.05) is 26.1 Å². The lowest BCUT2D eigenvalue weighted by Gasteiger charge is -2.18. The van der Waals surface area contributed by atoms with Crippen molar-refractivity contribution in [2.24, 2.45) is 0 Å². The fourth-order valence-electron chi connectivity index (χ4n) is 1.61. The van der Waals surface area contributed by atoms with E-state index < -0.39 is 6.10 Å². The van der Waals surface area contributed by atoms with Crippen LogP contribution in [0.1, 0.15) is 25.0 Å². The second-order valence-electron chi connectivity index (χ2n) is 3.90. The third-order valence-corrected chi connectivity index (χ3v) is 2.75. The molecule has 16 heavy (non-hydrogen) atoms. The van der Waals surface area contributed by atoms with Gasteiger partial charge in [-0.25, -0.2) is 0 Å². The van der Waals surface area contributed by atoms with Gasteiger partial charge in [-0.2, -0.15) is 0 Å². The van der Waals surface area contributed by atoms with Crippen molar-refractivity contribution in [3.8, 4) is 5.75 Å². The van der Waals surface area contributed by atoms with Crippen LogP contribution in [0.2, 0.25) is 0 Å². The van der Waals surface area contributed by atoms with Gasteiger partial charge >= 0.3 is 0 Å². The molecule has 1 aromatic rings. The van der Waals surface area contributed by atoms with Crippen molar-refractivity contribution in [1.29, 1.82) is 0 Å². The fraction of sp³-hybridized carbons (Fsp3) is 0.500. The van der Waals surface area contributed by atoms with Gasteiger partial charge in [0, 0.05) is 11.6 Å². The summed E-state index contributed by atoms with van der Waals surface area (Å²) in [6.07, 6.45) is 0.0472. The summed E-state index contributed by atoms with van der Waals surface area (Å²) in [5, 5.41) is 13.1. The zero-order valence-electron chi connectivity index (χ0n) is 10.0. The summed E-state index contributed by atoms with van der Waals surface area (Å²) in [7, 11) is 3.43. The maximum absolute atomic E-state index is 10.0. The predicted octanol–water partition coefficient (Wildman–Crippen LogP) is 1.31. The van der Waals surface area contributed by atoms with E-state index in [2.05, 4.69) is 5.32 Å². The number of benzene rings is 1. The quantitative estimate of drug-likeness (QED) is 0.660. The molecule has 0 aliphatic rings. The lowest BCUT2D eigenvalue weighted by Crippen LogP contribution is -2.24. The molecule has 0 radical (unpaired) electrons. The summed E-state index contributed by atoms with van der Waals surface area (Å²) in [5.74, 6) is 0.605. The van der Waals surface area contributed by atoms with Crippen LogP contribution in [0.15, 0.2) is 18.2 Å². The van der Waals surface area contributed by atoms with Crippen LogP contribution in [-0.2, 0) is 0 Å². The van der Waals surface area contributed by atoms with Crippen LogP contribution in [0.25, 0.3) is 0 Å². The first-order valence-corrected chi connectivity index (χ1v) is 5.37. The van der Waals surface area contributed by atoms with Gasteiger partial charge in [0.05, 0.1) is 18.9 Å². The van der Waals surface area contributed by atoms with E-state index in [1.165, 1.54) is 0 Å². The SMILES string of the molecule is CNC(C)CC(O)c1cccc(OC)c1N. The zero-order valence-corrected chi connectivity index (χ0v) is 10.0. The van der Waals surface area contributed by atoms with E-state index >= 15 is 0 Å². The van der Waals surface area contributed by atoms with Crippen LogP contribution in [0.5, 0.6) is 5.75 Å². The molecule has 4 nitrogen and oxygen atoms in total.